The number of hydrogen-bond acceptors (Lipinski definition) is 1. The molecule has 0 aliphatic carbocycles. The molecule has 0 bridgehead atoms. The highest BCUT2D eigenvalue weighted by Crippen LogP contribution is 2.12. The molecule has 1 aromatic carbocycles. The molecule has 1 aromatic rings. The van der Waals surface area contributed by atoms with Crippen molar-refractivity contribution >= 4 is 12.1 Å². The zero-order valence-electron chi connectivity index (χ0n) is 8.92. The molecule has 0 radical (unpaired) electrons. The number of nitrogens with one attached hydrogen (secondary N) is 1. The summed E-state index contributed by atoms with van der Waals surface area (Å²) < 4.78 is 0. The van der Waals surface area contributed by atoms with Gasteiger partial charge in [-0.2, -0.15) is 0 Å². The van der Waals surface area contributed by atoms with Crippen LogP contribution in [0.1, 0.15) is 31.7 Å². The second-order valence-electron chi connectivity index (χ2n) is 3.21. The Morgan fingerprint density at radius 3 is 2.93 bits per heavy atom. The molecule has 15 heavy (non-hydrogen) atoms. The summed E-state index contributed by atoms with van der Waals surface area (Å²) in [6.45, 7) is 2.14. The van der Waals surface area contributed by atoms with E-state index in [-0.39, 0.29) is 0 Å². The number of carbonyl (C=O) groups excluding carboxylic acids is 1. The van der Waals surface area contributed by atoms with Crippen molar-refractivity contribution in [3.8, 4) is 11.8 Å². The monoisotopic (exact) mass is 201 g/mol. The van der Waals surface area contributed by atoms with Gasteiger partial charge >= 0.3 is 0 Å². The van der Waals surface area contributed by atoms with Crippen LogP contribution in [-0.2, 0) is 4.79 Å². The molecular weight excluding hydrogens is 186 g/mol. The molecular formula is C13H15NO. The highest BCUT2D eigenvalue weighted by Gasteiger charge is 1.95. The largest absolute Gasteiger partial charge is 0.328 e. The van der Waals surface area contributed by atoms with Crippen molar-refractivity contribution in [1.29, 1.82) is 0 Å². The average molecular weight is 201 g/mol. The number of amides is 1. The maximum atomic E-state index is 10.3. The van der Waals surface area contributed by atoms with Crippen LogP contribution in [0.4, 0.5) is 5.69 Å². The van der Waals surface area contributed by atoms with E-state index in [9.17, 15) is 4.79 Å². The van der Waals surface area contributed by atoms with Gasteiger partial charge in [0.05, 0.1) is 5.69 Å². The lowest BCUT2D eigenvalue weighted by molar-refractivity contribution is -0.105. The second kappa shape index (κ2) is 6.67. The fourth-order valence-corrected chi connectivity index (χ4v) is 1.20. The summed E-state index contributed by atoms with van der Waals surface area (Å²) in [6.07, 6.45) is 3.86. The molecule has 78 valence electrons. The standard InChI is InChI=1S/C13H15NO/c1-2-3-4-5-8-12-9-6-7-10-13(12)14-11-15/h6-7,9-11H,2-4H2,1H3,(H,14,15). The Kier molecular flexibility index (Phi) is 5.03. The Labute approximate surface area is 90.7 Å². The molecule has 1 amide bonds. The predicted molar refractivity (Wildman–Crippen MR) is 62.5 cm³/mol. The molecule has 0 saturated heterocycles. The van der Waals surface area contributed by atoms with E-state index in [1.807, 2.05) is 24.3 Å². The van der Waals surface area contributed by atoms with Crippen LogP contribution in [0.5, 0.6) is 0 Å². The highest BCUT2D eigenvalue weighted by atomic mass is 16.1. The van der Waals surface area contributed by atoms with Crippen LogP contribution in [0.2, 0.25) is 0 Å². The lowest BCUT2D eigenvalue weighted by Crippen LogP contribution is -1.95. The number of anilines is 1. The third-order valence-corrected chi connectivity index (χ3v) is 2.02. The van der Waals surface area contributed by atoms with Crippen molar-refractivity contribution in [2.75, 3.05) is 5.32 Å². The fourth-order valence-electron chi connectivity index (χ4n) is 1.20. The van der Waals surface area contributed by atoms with E-state index in [1.165, 1.54) is 0 Å². The van der Waals surface area contributed by atoms with Gasteiger partial charge in [-0.15, -0.1) is 0 Å². The number of carbonyl (C=O) groups is 1. The van der Waals surface area contributed by atoms with Gasteiger partial charge in [0.1, 0.15) is 0 Å². The fraction of sp³-hybridized carbons (Fsp3) is 0.308. The number of unbranched alkanes of at least 4 members (excludes halogenated alkanes) is 2. The van der Waals surface area contributed by atoms with Gasteiger partial charge in [-0.05, 0) is 18.6 Å². The SMILES string of the molecule is CCCCC#Cc1ccccc1NC=O. The summed E-state index contributed by atoms with van der Waals surface area (Å²) in [7, 11) is 0. The predicted octanol–water partition coefficient (Wildman–Crippen LogP) is 2.80. The first kappa shape index (κ1) is 11.3. The van der Waals surface area contributed by atoms with E-state index in [0.717, 1.165) is 30.5 Å². The van der Waals surface area contributed by atoms with Gasteiger partial charge in [0.25, 0.3) is 0 Å². The maximum Gasteiger partial charge on any atom is 0.211 e. The van der Waals surface area contributed by atoms with E-state index in [4.69, 9.17) is 0 Å². The number of para-hydroxylation sites is 1. The minimum absolute atomic E-state index is 0.673. The van der Waals surface area contributed by atoms with Gasteiger partial charge in [0.2, 0.25) is 6.41 Å². The van der Waals surface area contributed by atoms with Crippen LogP contribution < -0.4 is 5.32 Å². The lowest BCUT2D eigenvalue weighted by Gasteiger charge is -2.00. The number of rotatable bonds is 4. The van der Waals surface area contributed by atoms with E-state index < -0.39 is 0 Å². The number of hydrogen-bond donors (Lipinski definition) is 1. The summed E-state index contributed by atoms with van der Waals surface area (Å²) >= 11 is 0. The minimum atomic E-state index is 0.673. The van der Waals surface area contributed by atoms with E-state index in [2.05, 4.69) is 24.1 Å². The summed E-state index contributed by atoms with van der Waals surface area (Å²) in [5.74, 6) is 6.16. The highest BCUT2D eigenvalue weighted by molar-refractivity contribution is 5.75. The molecule has 2 nitrogen and oxygen atoms in total. The van der Waals surface area contributed by atoms with Gasteiger partial charge in [-0.25, -0.2) is 0 Å². The third kappa shape index (κ3) is 3.86. The molecule has 0 fully saturated rings. The summed E-state index contributed by atoms with van der Waals surface area (Å²) in [5.41, 5.74) is 1.65. The normalized spacial score (nSPS) is 8.87. The van der Waals surface area contributed by atoms with E-state index >= 15 is 0 Å². The van der Waals surface area contributed by atoms with Gasteiger partial charge in [0.15, 0.2) is 0 Å². The average Bonchev–Trinajstić information content (AvgIpc) is 2.27. The summed E-state index contributed by atoms with van der Waals surface area (Å²) in [5, 5.41) is 2.63. The van der Waals surface area contributed by atoms with Gasteiger partial charge in [0, 0.05) is 12.0 Å². The Balaban J connectivity index is 2.72. The third-order valence-electron chi connectivity index (χ3n) is 2.02. The van der Waals surface area contributed by atoms with Crippen molar-refractivity contribution in [2.24, 2.45) is 0 Å². The smallest absolute Gasteiger partial charge is 0.211 e. The van der Waals surface area contributed by atoms with E-state index in [1.54, 1.807) is 0 Å². The van der Waals surface area contributed by atoms with Gasteiger partial charge < -0.3 is 5.32 Å². The van der Waals surface area contributed by atoms with Gasteiger partial charge in [-0.3, -0.25) is 4.79 Å². The zero-order chi connectivity index (χ0) is 10.9. The van der Waals surface area contributed by atoms with Crippen molar-refractivity contribution in [3.05, 3.63) is 29.8 Å². The second-order valence-corrected chi connectivity index (χ2v) is 3.21. The zero-order valence-corrected chi connectivity index (χ0v) is 8.92. The Morgan fingerprint density at radius 1 is 1.40 bits per heavy atom. The van der Waals surface area contributed by atoms with Crippen LogP contribution in [0.25, 0.3) is 0 Å². The first-order valence-corrected chi connectivity index (χ1v) is 5.16. The number of benzene rings is 1. The van der Waals surface area contributed by atoms with Crippen LogP contribution in [0, 0.1) is 11.8 Å². The lowest BCUT2D eigenvalue weighted by atomic mass is 10.1. The molecule has 0 unspecified atom stereocenters. The first-order chi connectivity index (χ1) is 7.38. The van der Waals surface area contributed by atoms with Crippen molar-refractivity contribution in [3.63, 3.8) is 0 Å². The van der Waals surface area contributed by atoms with Crippen LogP contribution in [0.15, 0.2) is 24.3 Å². The van der Waals surface area contributed by atoms with Gasteiger partial charge in [-0.1, -0.05) is 37.3 Å². The Morgan fingerprint density at radius 2 is 2.20 bits per heavy atom. The summed E-state index contributed by atoms with van der Waals surface area (Å²) in [6, 6.07) is 7.55. The first-order valence-electron chi connectivity index (χ1n) is 5.16. The molecule has 0 atom stereocenters. The minimum Gasteiger partial charge on any atom is -0.328 e. The molecule has 0 aromatic heterocycles. The molecule has 0 aliphatic rings. The molecule has 0 saturated carbocycles. The molecule has 1 rings (SSSR count). The van der Waals surface area contributed by atoms with Crippen LogP contribution >= 0.6 is 0 Å². The Hall–Kier alpha value is -1.75. The van der Waals surface area contributed by atoms with Crippen LogP contribution in [-0.4, -0.2) is 6.41 Å². The van der Waals surface area contributed by atoms with Crippen molar-refractivity contribution in [2.45, 2.75) is 26.2 Å². The maximum absolute atomic E-state index is 10.3. The van der Waals surface area contributed by atoms with Crippen molar-refractivity contribution in [1.82, 2.24) is 0 Å². The topological polar surface area (TPSA) is 29.1 Å². The molecule has 0 aliphatic heterocycles. The quantitative estimate of drug-likeness (QED) is 0.453. The van der Waals surface area contributed by atoms with Crippen molar-refractivity contribution < 1.29 is 4.79 Å². The Bertz CT molecular complexity index is 374. The molecule has 1 N–H and O–H groups in total. The summed E-state index contributed by atoms with van der Waals surface area (Å²) in [4.78, 5) is 10.3. The molecule has 0 spiro atoms. The van der Waals surface area contributed by atoms with Crippen LogP contribution in [0.3, 0.4) is 0 Å². The van der Waals surface area contributed by atoms with E-state index in [0.29, 0.717) is 6.41 Å². The molecule has 0 heterocycles. The molecule has 2 heteroatoms.